The molecule has 1 saturated heterocycles. The van der Waals surface area contributed by atoms with Crippen LogP contribution in [0.4, 0.5) is 10.5 Å². The Balaban J connectivity index is 1.68. The number of urea groups is 1. The molecular formula is C19H18N4O4. The number of aryl methyl sites for hydroxylation is 1. The van der Waals surface area contributed by atoms with Crippen molar-refractivity contribution in [1.82, 2.24) is 10.3 Å². The number of imide groups is 1. The van der Waals surface area contributed by atoms with E-state index in [0.717, 1.165) is 10.6 Å². The number of nitro benzene ring substituents is 1. The molecule has 1 aliphatic heterocycles. The second-order valence-electron chi connectivity index (χ2n) is 6.46. The Kier molecular flexibility index (Phi) is 4.98. The fraction of sp³-hybridized carbons (Fsp3) is 0.211. The average molecular weight is 366 g/mol. The van der Waals surface area contributed by atoms with Crippen LogP contribution in [-0.2, 0) is 11.2 Å². The first kappa shape index (κ1) is 18.2. The molecule has 0 bridgehead atoms. The van der Waals surface area contributed by atoms with E-state index in [0.29, 0.717) is 18.4 Å². The highest BCUT2D eigenvalue weighted by Crippen LogP contribution is 2.23. The summed E-state index contributed by atoms with van der Waals surface area (Å²) in [6.45, 7) is 1.68. The summed E-state index contributed by atoms with van der Waals surface area (Å²) < 4.78 is 0. The molecule has 0 aromatic heterocycles. The van der Waals surface area contributed by atoms with Crippen LogP contribution in [0.3, 0.4) is 0 Å². The average Bonchev–Trinajstić information content (AvgIpc) is 2.88. The molecule has 27 heavy (non-hydrogen) atoms. The minimum absolute atomic E-state index is 0.0457. The number of nitro groups is 1. The molecule has 8 nitrogen and oxygen atoms in total. The van der Waals surface area contributed by atoms with Crippen LogP contribution in [0.5, 0.6) is 0 Å². The van der Waals surface area contributed by atoms with Gasteiger partial charge in [-0.05, 0) is 43.0 Å². The molecule has 138 valence electrons. The standard InChI is InChI=1S/C19H18N4O4/c1-19(12-11-14-5-3-2-4-6-14)17(24)22(18(25)21-19)20-13-15-7-9-16(10-8-15)23(26)27/h2-10,13H,11-12H2,1H3,(H,21,25)/b20-13-/t19-/m0/s1. The lowest BCUT2D eigenvalue weighted by Gasteiger charge is -2.20. The van der Waals surface area contributed by atoms with Crippen molar-refractivity contribution in [2.75, 3.05) is 0 Å². The van der Waals surface area contributed by atoms with Crippen molar-refractivity contribution in [1.29, 1.82) is 0 Å². The van der Waals surface area contributed by atoms with Gasteiger partial charge in [-0.25, -0.2) is 4.79 Å². The van der Waals surface area contributed by atoms with Crippen LogP contribution in [-0.4, -0.2) is 33.6 Å². The van der Waals surface area contributed by atoms with Gasteiger partial charge in [-0.15, -0.1) is 5.01 Å². The molecular weight excluding hydrogens is 348 g/mol. The monoisotopic (exact) mass is 366 g/mol. The Morgan fingerprint density at radius 2 is 1.81 bits per heavy atom. The third-order valence-electron chi connectivity index (χ3n) is 4.42. The summed E-state index contributed by atoms with van der Waals surface area (Å²) in [4.78, 5) is 35.0. The molecule has 2 aromatic carbocycles. The number of amides is 3. The van der Waals surface area contributed by atoms with Gasteiger partial charge in [-0.3, -0.25) is 14.9 Å². The van der Waals surface area contributed by atoms with Gasteiger partial charge in [0.2, 0.25) is 0 Å². The van der Waals surface area contributed by atoms with E-state index in [2.05, 4.69) is 10.4 Å². The van der Waals surface area contributed by atoms with Gasteiger partial charge in [0, 0.05) is 12.1 Å². The smallest absolute Gasteiger partial charge is 0.322 e. The molecule has 2 aromatic rings. The number of carbonyl (C=O) groups is 2. The molecule has 8 heteroatoms. The Hall–Kier alpha value is -3.55. The number of carbonyl (C=O) groups excluding carboxylic acids is 2. The zero-order chi connectivity index (χ0) is 19.4. The van der Waals surface area contributed by atoms with Crippen LogP contribution in [0, 0.1) is 10.1 Å². The molecule has 0 spiro atoms. The number of nitrogens with one attached hydrogen (secondary N) is 1. The summed E-state index contributed by atoms with van der Waals surface area (Å²) in [5.74, 6) is -0.429. The minimum atomic E-state index is -1.03. The summed E-state index contributed by atoms with van der Waals surface area (Å²) in [5.41, 5.74) is 0.544. The highest BCUT2D eigenvalue weighted by Gasteiger charge is 2.47. The van der Waals surface area contributed by atoms with Gasteiger partial charge in [-0.1, -0.05) is 30.3 Å². The van der Waals surface area contributed by atoms with Crippen LogP contribution < -0.4 is 5.32 Å². The summed E-state index contributed by atoms with van der Waals surface area (Å²) in [5, 5.41) is 18.1. The molecule has 1 N–H and O–H groups in total. The minimum Gasteiger partial charge on any atom is -0.322 e. The Labute approximate surface area is 155 Å². The number of hydrogen-bond acceptors (Lipinski definition) is 5. The van der Waals surface area contributed by atoms with Crippen LogP contribution in [0.1, 0.15) is 24.5 Å². The number of non-ortho nitro benzene ring substituents is 1. The lowest BCUT2D eigenvalue weighted by Crippen LogP contribution is -2.44. The van der Waals surface area contributed by atoms with Gasteiger partial charge in [0.05, 0.1) is 11.1 Å². The Morgan fingerprint density at radius 3 is 2.44 bits per heavy atom. The largest absolute Gasteiger partial charge is 0.346 e. The number of benzene rings is 2. The van der Waals surface area contributed by atoms with E-state index >= 15 is 0 Å². The zero-order valence-electron chi connectivity index (χ0n) is 14.7. The predicted molar refractivity (Wildman–Crippen MR) is 99.2 cm³/mol. The quantitative estimate of drug-likeness (QED) is 0.367. The van der Waals surface area contributed by atoms with Gasteiger partial charge in [-0.2, -0.15) is 5.10 Å². The van der Waals surface area contributed by atoms with Gasteiger partial charge >= 0.3 is 6.03 Å². The topological polar surface area (TPSA) is 105 Å². The first-order valence-corrected chi connectivity index (χ1v) is 8.38. The molecule has 0 unspecified atom stereocenters. The third-order valence-corrected chi connectivity index (χ3v) is 4.42. The van der Waals surface area contributed by atoms with E-state index < -0.39 is 22.4 Å². The molecule has 0 radical (unpaired) electrons. The number of rotatable bonds is 6. The van der Waals surface area contributed by atoms with Gasteiger partial charge in [0.1, 0.15) is 5.54 Å². The molecule has 1 aliphatic rings. The zero-order valence-corrected chi connectivity index (χ0v) is 14.7. The number of nitrogens with zero attached hydrogens (tertiary/aromatic N) is 3. The van der Waals surface area contributed by atoms with E-state index in [1.54, 1.807) is 6.92 Å². The second-order valence-corrected chi connectivity index (χ2v) is 6.46. The van der Waals surface area contributed by atoms with E-state index in [-0.39, 0.29) is 5.69 Å². The van der Waals surface area contributed by atoms with Crippen LogP contribution >= 0.6 is 0 Å². The fourth-order valence-corrected chi connectivity index (χ4v) is 2.79. The SMILES string of the molecule is C[C@@]1(CCc2ccccc2)NC(=O)N(/N=C\c2ccc([N+](=O)[O-])cc2)C1=O. The van der Waals surface area contributed by atoms with E-state index in [1.807, 2.05) is 30.3 Å². The normalized spacial score (nSPS) is 19.5. The van der Waals surface area contributed by atoms with Crippen LogP contribution in [0.25, 0.3) is 0 Å². The number of hydrazone groups is 1. The fourth-order valence-electron chi connectivity index (χ4n) is 2.79. The maximum atomic E-state index is 12.7. The second kappa shape index (κ2) is 7.36. The van der Waals surface area contributed by atoms with Crippen molar-refractivity contribution < 1.29 is 14.5 Å². The molecule has 1 fully saturated rings. The number of hydrogen-bond donors (Lipinski definition) is 1. The Bertz CT molecular complexity index is 896. The Morgan fingerprint density at radius 1 is 1.15 bits per heavy atom. The van der Waals surface area contributed by atoms with Crippen molar-refractivity contribution in [3.63, 3.8) is 0 Å². The summed E-state index contributed by atoms with van der Waals surface area (Å²) in [7, 11) is 0. The van der Waals surface area contributed by atoms with E-state index in [1.165, 1.54) is 30.5 Å². The molecule has 3 rings (SSSR count). The highest BCUT2D eigenvalue weighted by molar-refractivity contribution is 6.07. The van der Waals surface area contributed by atoms with Crippen LogP contribution in [0.15, 0.2) is 59.7 Å². The van der Waals surface area contributed by atoms with Gasteiger partial charge < -0.3 is 5.32 Å². The molecule has 1 heterocycles. The van der Waals surface area contributed by atoms with Gasteiger partial charge in [0.15, 0.2) is 0 Å². The first-order valence-electron chi connectivity index (χ1n) is 8.38. The maximum Gasteiger partial charge on any atom is 0.346 e. The van der Waals surface area contributed by atoms with E-state index in [4.69, 9.17) is 0 Å². The summed E-state index contributed by atoms with van der Waals surface area (Å²) in [6, 6.07) is 14.8. The summed E-state index contributed by atoms with van der Waals surface area (Å²) in [6.07, 6.45) is 2.42. The first-order chi connectivity index (χ1) is 12.9. The highest BCUT2D eigenvalue weighted by atomic mass is 16.6. The van der Waals surface area contributed by atoms with Crippen LogP contribution in [0.2, 0.25) is 0 Å². The molecule has 0 saturated carbocycles. The maximum absolute atomic E-state index is 12.7. The van der Waals surface area contributed by atoms with Crippen molar-refractivity contribution in [2.24, 2.45) is 5.10 Å². The molecule has 3 amide bonds. The van der Waals surface area contributed by atoms with Crippen molar-refractivity contribution in [2.45, 2.75) is 25.3 Å². The summed E-state index contributed by atoms with van der Waals surface area (Å²) >= 11 is 0. The van der Waals surface area contributed by atoms with Crippen molar-refractivity contribution in [3.05, 3.63) is 75.8 Å². The molecule has 0 aliphatic carbocycles. The molecule has 1 atom stereocenters. The van der Waals surface area contributed by atoms with Crippen molar-refractivity contribution in [3.8, 4) is 0 Å². The van der Waals surface area contributed by atoms with Gasteiger partial charge in [0.25, 0.3) is 11.6 Å². The lowest BCUT2D eigenvalue weighted by atomic mass is 9.93. The van der Waals surface area contributed by atoms with E-state index in [9.17, 15) is 19.7 Å². The lowest BCUT2D eigenvalue weighted by molar-refractivity contribution is -0.384. The van der Waals surface area contributed by atoms with Crippen molar-refractivity contribution >= 4 is 23.8 Å². The predicted octanol–water partition coefficient (Wildman–Crippen LogP) is 2.87. The third kappa shape index (κ3) is 4.00.